The molecule has 1 aromatic heterocycles. The molecular formula is C17H18ClNO2. The molecule has 4 heteroatoms. The topological polar surface area (TPSA) is 42.1 Å². The quantitative estimate of drug-likeness (QED) is 0.856. The predicted octanol–water partition coefficient (Wildman–Crippen LogP) is 4.24. The molecule has 2 aromatic rings. The third-order valence-electron chi connectivity index (χ3n) is 5.06. The number of hydrogen-bond acceptors (Lipinski definition) is 2. The van der Waals surface area contributed by atoms with E-state index in [0.717, 1.165) is 41.5 Å². The molecule has 1 saturated carbocycles. The van der Waals surface area contributed by atoms with Crippen LogP contribution < -0.4 is 10.3 Å². The molecule has 0 amide bonds. The van der Waals surface area contributed by atoms with Crippen LogP contribution in [0.15, 0.2) is 23.0 Å². The minimum atomic E-state index is -0.00276. The molecule has 0 bridgehead atoms. The van der Waals surface area contributed by atoms with Gasteiger partial charge in [0.05, 0.1) is 11.1 Å². The van der Waals surface area contributed by atoms with E-state index in [0.29, 0.717) is 16.9 Å². The molecule has 0 saturated heterocycles. The average Bonchev–Trinajstić information content (AvgIpc) is 2.94. The van der Waals surface area contributed by atoms with Gasteiger partial charge in [0, 0.05) is 16.3 Å². The van der Waals surface area contributed by atoms with Crippen molar-refractivity contribution in [2.24, 2.45) is 5.92 Å². The second kappa shape index (κ2) is 4.77. The Labute approximate surface area is 128 Å². The second-order valence-electron chi connectivity index (χ2n) is 6.15. The maximum atomic E-state index is 12.6. The summed E-state index contributed by atoms with van der Waals surface area (Å²) in [6.07, 6.45) is 4.68. The molecule has 1 aliphatic heterocycles. The van der Waals surface area contributed by atoms with Crippen LogP contribution in [0.2, 0.25) is 5.02 Å². The van der Waals surface area contributed by atoms with Gasteiger partial charge in [-0.3, -0.25) is 4.79 Å². The van der Waals surface area contributed by atoms with Crippen molar-refractivity contribution in [3.63, 3.8) is 0 Å². The second-order valence-corrected chi connectivity index (χ2v) is 6.59. The van der Waals surface area contributed by atoms with Crippen LogP contribution in [0.3, 0.4) is 0 Å². The Balaban J connectivity index is 2.02. The summed E-state index contributed by atoms with van der Waals surface area (Å²) in [5.41, 5.74) is 1.63. The summed E-state index contributed by atoms with van der Waals surface area (Å²) in [6, 6.07) is 5.54. The Morgan fingerprint density at radius 3 is 3.05 bits per heavy atom. The Hall–Kier alpha value is -1.48. The number of benzene rings is 1. The zero-order valence-electron chi connectivity index (χ0n) is 12.0. The molecule has 2 aliphatic rings. The first-order chi connectivity index (χ1) is 10.2. The zero-order valence-corrected chi connectivity index (χ0v) is 12.7. The summed E-state index contributed by atoms with van der Waals surface area (Å²) in [5.74, 6) is 1.56. The van der Waals surface area contributed by atoms with E-state index >= 15 is 0 Å². The lowest BCUT2D eigenvalue weighted by molar-refractivity contribution is 0.116. The largest absolute Gasteiger partial charge is 0.489 e. The number of fused-ring (bicyclic) bond motifs is 4. The van der Waals surface area contributed by atoms with Crippen LogP contribution in [0, 0.1) is 5.92 Å². The predicted molar refractivity (Wildman–Crippen MR) is 84.4 cm³/mol. The fourth-order valence-electron chi connectivity index (χ4n) is 4.15. The molecule has 1 aliphatic carbocycles. The van der Waals surface area contributed by atoms with E-state index in [1.165, 1.54) is 6.42 Å². The fourth-order valence-corrected chi connectivity index (χ4v) is 4.32. The average molecular weight is 304 g/mol. The number of aromatic nitrogens is 1. The van der Waals surface area contributed by atoms with Crippen molar-refractivity contribution in [2.75, 3.05) is 0 Å². The van der Waals surface area contributed by atoms with Gasteiger partial charge in [-0.2, -0.15) is 0 Å². The molecule has 1 aromatic carbocycles. The van der Waals surface area contributed by atoms with Gasteiger partial charge in [0.15, 0.2) is 0 Å². The normalized spacial score (nSPS) is 27.2. The summed E-state index contributed by atoms with van der Waals surface area (Å²) < 4.78 is 6.26. The SMILES string of the molecule is CCC1c2c(c3cc(Cl)ccc3[nH]c2=O)OC2CCCC21. The molecule has 0 spiro atoms. The lowest BCUT2D eigenvalue weighted by atomic mass is 9.79. The molecule has 1 fully saturated rings. The van der Waals surface area contributed by atoms with Gasteiger partial charge in [-0.25, -0.2) is 0 Å². The molecule has 110 valence electrons. The minimum Gasteiger partial charge on any atom is -0.489 e. The van der Waals surface area contributed by atoms with Crippen LogP contribution in [0.1, 0.15) is 44.1 Å². The van der Waals surface area contributed by atoms with Crippen molar-refractivity contribution in [3.8, 4) is 5.75 Å². The highest BCUT2D eigenvalue weighted by molar-refractivity contribution is 6.31. The van der Waals surface area contributed by atoms with E-state index in [1.54, 1.807) is 6.07 Å². The Morgan fingerprint density at radius 2 is 2.24 bits per heavy atom. The van der Waals surface area contributed by atoms with E-state index in [1.807, 2.05) is 12.1 Å². The lowest BCUT2D eigenvalue weighted by Gasteiger charge is -2.35. The molecule has 4 rings (SSSR count). The van der Waals surface area contributed by atoms with E-state index in [-0.39, 0.29) is 11.7 Å². The number of rotatable bonds is 1. The molecule has 0 radical (unpaired) electrons. The van der Waals surface area contributed by atoms with Crippen LogP contribution in [0.4, 0.5) is 0 Å². The zero-order chi connectivity index (χ0) is 14.6. The van der Waals surface area contributed by atoms with Gasteiger partial charge in [-0.05, 0) is 49.8 Å². The van der Waals surface area contributed by atoms with Crippen LogP contribution in [0.5, 0.6) is 5.75 Å². The van der Waals surface area contributed by atoms with Gasteiger partial charge >= 0.3 is 0 Å². The highest BCUT2D eigenvalue weighted by Gasteiger charge is 2.42. The van der Waals surface area contributed by atoms with Gasteiger partial charge in [0.25, 0.3) is 5.56 Å². The number of H-pyrrole nitrogens is 1. The molecular weight excluding hydrogens is 286 g/mol. The summed E-state index contributed by atoms with van der Waals surface area (Å²) in [5, 5.41) is 1.60. The molecule has 2 heterocycles. The van der Waals surface area contributed by atoms with Gasteiger partial charge in [-0.15, -0.1) is 0 Å². The summed E-state index contributed by atoms with van der Waals surface area (Å²) in [6.45, 7) is 2.16. The molecule has 21 heavy (non-hydrogen) atoms. The van der Waals surface area contributed by atoms with Crippen molar-refractivity contribution < 1.29 is 4.74 Å². The van der Waals surface area contributed by atoms with Gasteiger partial charge < -0.3 is 9.72 Å². The third kappa shape index (κ3) is 1.90. The standard InChI is InChI=1S/C17H18ClNO2/c1-2-10-11-4-3-5-14(11)21-16-12-8-9(18)6-7-13(12)19-17(20)15(10)16/h6-8,10-11,14H,2-5H2,1H3,(H,19,20). The Bertz CT molecular complexity index is 767. The fraction of sp³-hybridized carbons (Fsp3) is 0.471. The number of pyridine rings is 1. The smallest absolute Gasteiger partial charge is 0.255 e. The van der Waals surface area contributed by atoms with Gasteiger partial charge in [-0.1, -0.05) is 18.5 Å². The van der Waals surface area contributed by atoms with Crippen LogP contribution >= 0.6 is 11.6 Å². The third-order valence-corrected chi connectivity index (χ3v) is 5.30. The maximum absolute atomic E-state index is 12.6. The van der Waals surface area contributed by atoms with Crippen LogP contribution in [-0.4, -0.2) is 11.1 Å². The van der Waals surface area contributed by atoms with Crippen molar-refractivity contribution in [2.45, 2.75) is 44.6 Å². The lowest BCUT2D eigenvalue weighted by Crippen LogP contribution is -2.35. The van der Waals surface area contributed by atoms with Crippen molar-refractivity contribution in [1.82, 2.24) is 4.98 Å². The van der Waals surface area contributed by atoms with E-state index in [9.17, 15) is 4.79 Å². The van der Waals surface area contributed by atoms with E-state index in [2.05, 4.69) is 11.9 Å². The highest BCUT2D eigenvalue weighted by Crippen LogP contribution is 2.48. The summed E-state index contributed by atoms with van der Waals surface area (Å²) in [4.78, 5) is 15.5. The summed E-state index contributed by atoms with van der Waals surface area (Å²) in [7, 11) is 0. The number of halogens is 1. The van der Waals surface area contributed by atoms with Gasteiger partial charge in [0.2, 0.25) is 0 Å². The van der Waals surface area contributed by atoms with Crippen molar-refractivity contribution >= 4 is 22.5 Å². The van der Waals surface area contributed by atoms with Crippen LogP contribution in [0.25, 0.3) is 10.9 Å². The first kappa shape index (κ1) is 13.2. The first-order valence-electron chi connectivity index (χ1n) is 7.71. The minimum absolute atomic E-state index is 0.00276. The maximum Gasteiger partial charge on any atom is 0.255 e. The Morgan fingerprint density at radius 1 is 1.38 bits per heavy atom. The van der Waals surface area contributed by atoms with Crippen LogP contribution in [-0.2, 0) is 0 Å². The number of hydrogen-bond donors (Lipinski definition) is 1. The Kier molecular flexibility index (Phi) is 3.00. The molecule has 3 nitrogen and oxygen atoms in total. The highest BCUT2D eigenvalue weighted by atomic mass is 35.5. The number of nitrogens with one attached hydrogen (secondary N) is 1. The first-order valence-corrected chi connectivity index (χ1v) is 8.09. The van der Waals surface area contributed by atoms with Crippen molar-refractivity contribution in [3.05, 3.63) is 39.1 Å². The molecule has 1 N–H and O–H groups in total. The van der Waals surface area contributed by atoms with E-state index in [4.69, 9.17) is 16.3 Å². The molecule has 3 unspecified atom stereocenters. The van der Waals surface area contributed by atoms with Crippen molar-refractivity contribution in [1.29, 1.82) is 0 Å². The number of aromatic amines is 1. The summed E-state index contributed by atoms with van der Waals surface area (Å²) >= 11 is 6.13. The monoisotopic (exact) mass is 303 g/mol. The van der Waals surface area contributed by atoms with Gasteiger partial charge in [0.1, 0.15) is 11.9 Å². The van der Waals surface area contributed by atoms with E-state index < -0.39 is 0 Å². The number of ether oxygens (including phenoxy) is 1. The molecule has 3 atom stereocenters.